The van der Waals surface area contributed by atoms with Gasteiger partial charge in [0.1, 0.15) is 0 Å². The molecule has 116 valence electrons. The summed E-state index contributed by atoms with van der Waals surface area (Å²) in [6, 6.07) is 0. The van der Waals surface area contributed by atoms with E-state index in [1.807, 2.05) is 0 Å². The molecule has 7 heteroatoms. The predicted octanol–water partition coefficient (Wildman–Crippen LogP) is 2.35. The fourth-order valence-corrected chi connectivity index (χ4v) is 2.17. The number of ether oxygens (including phenoxy) is 1. The van der Waals surface area contributed by atoms with Gasteiger partial charge in [-0.25, -0.2) is 4.57 Å². The molecule has 0 bridgehead atoms. The van der Waals surface area contributed by atoms with Crippen LogP contribution in [-0.2, 0) is 18.3 Å². The number of rotatable bonds is 13. The van der Waals surface area contributed by atoms with Gasteiger partial charge in [-0.2, -0.15) is 0 Å². The number of phosphoric ester groups is 1. The molecule has 0 aliphatic carbocycles. The van der Waals surface area contributed by atoms with E-state index in [-0.39, 0.29) is 33.0 Å². The second-order valence-corrected chi connectivity index (χ2v) is 6.17. The van der Waals surface area contributed by atoms with Gasteiger partial charge in [0.25, 0.3) is 0 Å². The maximum absolute atomic E-state index is 11.4. The van der Waals surface area contributed by atoms with Crippen LogP contribution in [0.3, 0.4) is 0 Å². The zero-order chi connectivity index (χ0) is 14.6. The van der Waals surface area contributed by atoms with Crippen LogP contribution < -0.4 is 0 Å². The Bertz CT molecular complexity index is 246. The number of unbranched alkanes of at least 4 members (excludes halogenated alkanes) is 2. The Kier molecular flexibility index (Phi) is 11.8. The molecule has 2 N–H and O–H groups in total. The summed E-state index contributed by atoms with van der Waals surface area (Å²) >= 11 is 0. The molecular formula is C12H27O6P. The summed E-state index contributed by atoms with van der Waals surface area (Å²) in [4.78, 5) is 9.32. The SMILES string of the molecule is CC(C)CCCCCOP(=O)(O)OCCOCCO. The molecule has 0 aliphatic rings. The highest BCUT2D eigenvalue weighted by atomic mass is 31.2. The minimum absolute atomic E-state index is 0.0267. The van der Waals surface area contributed by atoms with E-state index in [0.717, 1.165) is 25.7 Å². The summed E-state index contributed by atoms with van der Waals surface area (Å²) in [5.74, 6) is 0.687. The van der Waals surface area contributed by atoms with Gasteiger partial charge in [0, 0.05) is 0 Å². The Labute approximate surface area is 115 Å². The Morgan fingerprint density at radius 2 is 1.68 bits per heavy atom. The number of aliphatic hydroxyl groups is 1. The van der Waals surface area contributed by atoms with Crippen molar-refractivity contribution in [1.29, 1.82) is 0 Å². The van der Waals surface area contributed by atoms with Crippen molar-refractivity contribution >= 4 is 7.82 Å². The van der Waals surface area contributed by atoms with Crippen LogP contribution in [0.1, 0.15) is 39.5 Å². The first-order valence-electron chi connectivity index (χ1n) is 6.78. The first-order chi connectivity index (χ1) is 8.98. The van der Waals surface area contributed by atoms with E-state index in [0.29, 0.717) is 5.92 Å². The second-order valence-electron chi connectivity index (χ2n) is 4.71. The summed E-state index contributed by atoms with van der Waals surface area (Å²) < 4.78 is 25.8. The summed E-state index contributed by atoms with van der Waals surface area (Å²) in [7, 11) is -3.95. The third-order valence-electron chi connectivity index (χ3n) is 2.40. The van der Waals surface area contributed by atoms with Crippen molar-refractivity contribution in [3.05, 3.63) is 0 Å². The lowest BCUT2D eigenvalue weighted by Crippen LogP contribution is -2.07. The Morgan fingerprint density at radius 1 is 1.00 bits per heavy atom. The van der Waals surface area contributed by atoms with E-state index in [4.69, 9.17) is 18.9 Å². The number of aliphatic hydroxyl groups excluding tert-OH is 1. The molecule has 0 aromatic carbocycles. The van der Waals surface area contributed by atoms with Gasteiger partial charge < -0.3 is 14.7 Å². The van der Waals surface area contributed by atoms with Gasteiger partial charge in [0.2, 0.25) is 0 Å². The third-order valence-corrected chi connectivity index (χ3v) is 3.42. The molecule has 1 unspecified atom stereocenters. The number of phosphoric acid groups is 1. The van der Waals surface area contributed by atoms with Crippen LogP contribution in [0.4, 0.5) is 0 Å². The van der Waals surface area contributed by atoms with Crippen LogP contribution in [0.2, 0.25) is 0 Å². The lowest BCUT2D eigenvalue weighted by atomic mass is 10.1. The van der Waals surface area contributed by atoms with E-state index in [2.05, 4.69) is 13.8 Å². The first kappa shape index (κ1) is 19.0. The molecule has 0 amide bonds. The Morgan fingerprint density at radius 3 is 2.32 bits per heavy atom. The zero-order valence-corrected chi connectivity index (χ0v) is 12.8. The highest BCUT2D eigenvalue weighted by molar-refractivity contribution is 7.47. The molecule has 1 atom stereocenters. The zero-order valence-electron chi connectivity index (χ0n) is 11.9. The van der Waals surface area contributed by atoms with Crippen LogP contribution in [0.5, 0.6) is 0 Å². The lowest BCUT2D eigenvalue weighted by Gasteiger charge is -2.12. The molecule has 0 saturated heterocycles. The molecule has 0 saturated carbocycles. The Balaban J connectivity index is 3.43. The van der Waals surface area contributed by atoms with E-state index >= 15 is 0 Å². The average molecular weight is 298 g/mol. The quantitative estimate of drug-likeness (QED) is 0.401. The van der Waals surface area contributed by atoms with Crippen LogP contribution >= 0.6 is 7.82 Å². The normalized spacial score (nSPS) is 14.8. The molecule has 6 nitrogen and oxygen atoms in total. The first-order valence-corrected chi connectivity index (χ1v) is 8.28. The van der Waals surface area contributed by atoms with Crippen LogP contribution in [0.25, 0.3) is 0 Å². The maximum atomic E-state index is 11.4. The van der Waals surface area contributed by atoms with E-state index in [1.54, 1.807) is 0 Å². The van der Waals surface area contributed by atoms with Gasteiger partial charge >= 0.3 is 7.82 Å². The smallest absolute Gasteiger partial charge is 0.394 e. The fraction of sp³-hybridized carbons (Fsp3) is 1.00. The number of hydrogen-bond donors (Lipinski definition) is 2. The molecule has 0 aliphatic heterocycles. The monoisotopic (exact) mass is 298 g/mol. The highest BCUT2D eigenvalue weighted by Gasteiger charge is 2.20. The molecule has 0 spiro atoms. The van der Waals surface area contributed by atoms with Crippen molar-refractivity contribution < 1.29 is 28.3 Å². The van der Waals surface area contributed by atoms with Crippen molar-refractivity contribution in [1.82, 2.24) is 0 Å². The van der Waals surface area contributed by atoms with Crippen molar-refractivity contribution in [3.8, 4) is 0 Å². The van der Waals surface area contributed by atoms with Crippen LogP contribution in [0.15, 0.2) is 0 Å². The lowest BCUT2D eigenvalue weighted by molar-refractivity contribution is 0.0565. The van der Waals surface area contributed by atoms with Crippen molar-refractivity contribution in [2.75, 3.05) is 33.0 Å². The van der Waals surface area contributed by atoms with Gasteiger partial charge in [-0.05, 0) is 12.3 Å². The third kappa shape index (κ3) is 14.3. The fourth-order valence-electron chi connectivity index (χ4n) is 1.43. The van der Waals surface area contributed by atoms with E-state index < -0.39 is 7.82 Å². The standard InChI is InChI=1S/C12H27O6P/c1-12(2)6-4-3-5-8-17-19(14,15)18-11-10-16-9-7-13/h12-13H,3-11H2,1-2H3,(H,14,15). The van der Waals surface area contributed by atoms with E-state index in [9.17, 15) is 9.46 Å². The van der Waals surface area contributed by atoms with Gasteiger partial charge in [-0.1, -0.05) is 33.1 Å². The van der Waals surface area contributed by atoms with Crippen LogP contribution in [-0.4, -0.2) is 43.0 Å². The molecule has 0 fully saturated rings. The topological polar surface area (TPSA) is 85.2 Å². The molecule has 0 aromatic heterocycles. The summed E-state index contributed by atoms with van der Waals surface area (Å²) in [6.07, 6.45) is 4.00. The molecule has 19 heavy (non-hydrogen) atoms. The molecule has 0 aromatic rings. The van der Waals surface area contributed by atoms with Crippen molar-refractivity contribution in [2.24, 2.45) is 5.92 Å². The predicted molar refractivity (Wildman–Crippen MR) is 72.9 cm³/mol. The van der Waals surface area contributed by atoms with Gasteiger partial charge in [-0.3, -0.25) is 9.05 Å². The summed E-state index contributed by atoms with van der Waals surface area (Å²) in [6.45, 7) is 4.81. The van der Waals surface area contributed by atoms with Crippen molar-refractivity contribution in [3.63, 3.8) is 0 Å². The molecular weight excluding hydrogens is 271 g/mol. The van der Waals surface area contributed by atoms with Gasteiger partial charge in [-0.15, -0.1) is 0 Å². The van der Waals surface area contributed by atoms with Gasteiger partial charge in [0.15, 0.2) is 0 Å². The summed E-state index contributed by atoms with van der Waals surface area (Å²) in [5, 5.41) is 8.45. The Hall–Kier alpha value is 0.0300. The molecule has 0 radical (unpaired) electrons. The second kappa shape index (κ2) is 11.8. The minimum Gasteiger partial charge on any atom is -0.394 e. The molecule has 0 rings (SSSR count). The van der Waals surface area contributed by atoms with Crippen molar-refractivity contribution in [2.45, 2.75) is 39.5 Å². The average Bonchev–Trinajstić information content (AvgIpc) is 2.33. The van der Waals surface area contributed by atoms with Crippen LogP contribution in [0, 0.1) is 5.92 Å². The maximum Gasteiger partial charge on any atom is 0.472 e. The number of hydrogen-bond acceptors (Lipinski definition) is 5. The largest absolute Gasteiger partial charge is 0.472 e. The van der Waals surface area contributed by atoms with E-state index in [1.165, 1.54) is 0 Å². The molecule has 0 heterocycles. The van der Waals surface area contributed by atoms with Gasteiger partial charge in [0.05, 0.1) is 33.0 Å². The highest BCUT2D eigenvalue weighted by Crippen LogP contribution is 2.43. The summed E-state index contributed by atoms with van der Waals surface area (Å²) in [5.41, 5.74) is 0. The minimum atomic E-state index is -3.95.